The summed E-state index contributed by atoms with van der Waals surface area (Å²) in [6, 6.07) is 8.82. The smallest absolute Gasteiger partial charge is 0.0761 e. The first-order valence-electron chi connectivity index (χ1n) is 5.92. The molecule has 1 heterocycles. The van der Waals surface area contributed by atoms with Gasteiger partial charge in [-0.1, -0.05) is 22.9 Å². The molecule has 2 rings (SSSR count). The van der Waals surface area contributed by atoms with Crippen LogP contribution in [-0.4, -0.2) is 27.8 Å². The first kappa shape index (κ1) is 13.1. The molecule has 1 N–H and O–H groups in total. The van der Waals surface area contributed by atoms with Crippen LogP contribution in [0.3, 0.4) is 0 Å². The van der Waals surface area contributed by atoms with Gasteiger partial charge in [0.1, 0.15) is 0 Å². The molecule has 1 aromatic heterocycles. The van der Waals surface area contributed by atoms with E-state index in [9.17, 15) is 0 Å². The number of nitrogens with zero attached hydrogens (tertiary/aromatic N) is 3. The van der Waals surface area contributed by atoms with Crippen LogP contribution >= 0.6 is 11.8 Å². The summed E-state index contributed by atoms with van der Waals surface area (Å²) in [6.07, 6.45) is 1.82. The molecule has 18 heavy (non-hydrogen) atoms. The molecule has 96 valence electrons. The molecule has 0 amide bonds. The van der Waals surface area contributed by atoms with Crippen molar-refractivity contribution in [1.29, 1.82) is 0 Å². The van der Waals surface area contributed by atoms with E-state index in [1.165, 1.54) is 10.5 Å². The van der Waals surface area contributed by atoms with Gasteiger partial charge in [0.2, 0.25) is 0 Å². The highest BCUT2D eigenvalue weighted by Gasteiger charge is 2.13. The van der Waals surface area contributed by atoms with Gasteiger partial charge in [-0.3, -0.25) is 4.68 Å². The fourth-order valence-electron chi connectivity index (χ4n) is 1.81. The predicted molar refractivity (Wildman–Crippen MR) is 74.7 cm³/mol. The molecule has 5 heteroatoms. The summed E-state index contributed by atoms with van der Waals surface area (Å²) >= 11 is 1.84. The maximum atomic E-state index is 3.97. The van der Waals surface area contributed by atoms with Gasteiger partial charge in [-0.05, 0) is 26.1 Å². The molecule has 4 nitrogen and oxygen atoms in total. The molecule has 0 fully saturated rings. The standard InChI is InChI=1S/C13H18N4S/c1-10-5-4-6-11(7-10)18-9-12(14-2)13-8-15-16-17(13)3/h4-8,12,14H,9H2,1-3H3. The number of hydrogen-bond donors (Lipinski definition) is 1. The van der Waals surface area contributed by atoms with Gasteiger partial charge in [-0.25, -0.2) is 0 Å². The van der Waals surface area contributed by atoms with E-state index >= 15 is 0 Å². The Hall–Kier alpha value is -1.33. The Morgan fingerprint density at radius 3 is 2.89 bits per heavy atom. The minimum Gasteiger partial charge on any atom is -0.311 e. The van der Waals surface area contributed by atoms with Crippen LogP contribution in [0, 0.1) is 6.92 Å². The number of thioether (sulfide) groups is 1. The van der Waals surface area contributed by atoms with Gasteiger partial charge in [0.15, 0.2) is 0 Å². The highest BCUT2D eigenvalue weighted by atomic mass is 32.2. The van der Waals surface area contributed by atoms with Gasteiger partial charge in [0, 0.05) is 17.7 Å². The molecule has 0 radical (unpaired) electrons. The van der Waals surface area contributed by atoms with Crippen LogP contribution in [0.2, 0.25) is 0 Å². The van der Waals surface area contributed by atoms with Crippen molar-refractivity contribution < 1.29 is 0 Å². The second-order valence-electron chi connectivity index (χ2n) is 4.25. The van der Waals surface area contributed by atoms with Crippen molar-refractivity contribution in [2.24, 2.45) is 7.05 Å². The van der Waals surface area contributed by atoms with Crippen molar-refractivity contribution in [3.05, 3.63) is 41.7 Å². The summed E-state index contributed by atoms with van der Waals surface area (Å²) in [6.45, 7) is 2.12. The summed E-state index contributed by atoms with van der Waals surface area (Å²) in [5.74, 6) is 0.959. The maximum Gasteiger partial charge on any atom is 0.0761 e. The van der Waals surface area contributed by atoms with Crippen molar-refractivity contribution in [3.63, 3.8) is 0 Å². The SMILES string of the molecule is CNC(CSc1cccc(C)c1)c1cnnn1C. The van der Waals surface area contributed by atoms with Crippen molar-refractivity contribution in [3.8, 4) is 0 Å². The van der Waals surface area contributed by atoms with Crippen LogP contribution in [0.1, 0.15) is 17.3 Å². The van der Waals surface area contributed by atoms with Crippen LogP contribution in [0.4, 0.5) is 0 Å². The summed E-state index contributed by atoms with van der Waals surface area (Å²) in [4.78, 5) is 1.30. The number of benzene rings is 1. The summed E-state index contributed by atoms with van der Waals surface area (Å²) in [5.41, 5.74) is 2.40. The lowest BCUT2D eigenvalue weighted by Gasteiger charge is -2.15. The molecule has 0 spiro atoms. The van der Waals surface area contributed by atoms with E-state index in [0.29, 0.717) is 0 Å². The fourth-order valence-corrected chi connectivity index (χ4v) is 2.95. The van der Waals surface area contributed by atoms with Gasteiger partial charge >= 0.3 is 0 Å². The first-order valence-corrected chi connectivity index (χ1v) is 6.90. The number of aromatic nitrogens is 3. The van der Waals surface area contributed by atoms with E-state index in [2.05, 4.69) is 46.8 Å². The largest absolute Gasteiger partial charge is 0.311 e. The lowest BCUT2D eigenvalue weighted by Crippen LogP contribution is -2.21. The van der Waals surface area contributed by atoms with Gasteiger partial charge in [-0.2, -0.15) is 0 Å². The normalized spacial score (nSPS) is 12.6. The van der Waals surface area contributed by atoms with E-state index in [-0.39, 0.29) is 6.04 Å². The summed E-state index contributed by atoms with van der Waals surface area (Å²) < 4.78 is 1.82. The summed E-state index contributed by atoms with van der Waals surface area (Å²) in [5, 5.41) is 11.2. The third-order valence-electron chi connectivity index (χ3n) is 2.86. The molecular weight excluding hydrogens is 244 g/mol. The van der Waals surface area contributed by atoms with Crippen molar-refractivity contribution in [2.45, 2.75) is 17.9 Å². The molecule has 2 aromatic rings. The third-order valence-corrected chi connectivity index (χ3v) is 3.95. The van der Waals surface area contributed by atoms with E-state index < -0.39 is 0 Å². The predicted octanol–water partition coefficient (Wildman–Crippen LogP) is 2.18. The highest BCUT2D eigenvalue weighted by molar-refractivity contribution is 7.99. The molecule has 0 aliphatic carbocycles. The molecule has 1 unspecified atom stereocenters. The number of nitrogens with one attached hydrogen (secondary N) is 1. The molecule has 0 saturated carbocycles. The van der Waals surface area contributed by atoms with Crippen LogP contribution < -0.4 is 5.32 Å². The van der Waals surface area contributed by atoms with E-state index in [1.807, 2.05) is 36.7 Å². The number of aryl methyl sites for hydroxylation is 2. The van der Waals surface area contributed by atoms with Crippen molar-refractivity contribution in [2.75, 3.05) is 12.8 Å². The van der Waals surface area contributed by atoms with Gasteiger partial charge in [0.05, 0.1) is 17.9 Å². The molecule has 0 aliphatic heterocycles. The Balaban J connectivity index is 2.02. The zero-order valence-electron chi connectivity index (χ0n) is 10.9. The Bertz CT molecular complexity index is 509. The van der Waals surface area contributed by atoms with Crippen LogP contribution in [0.5, 0.6) is 0 Å². The number of rotatable bonds is 5. The average Bonchev–Trinajstić information content (AvgIpc) is 2.77. The molecule has 0 bridgehead atoms. The van der Waals surface area contributed by atoms with E-state index in [0.717, 1.165) is 11.4 Å². The Morgan fingerprint density at radius 2 is 2.28 bits per heavy atom. The van der Waals surface area contributed by atoms with Crippen LogP contribution in [0.15, 0.2) is 35.4 Å². The van der Waals surface area contributed by atoms with Gasteiger partial charge < -0.3 is 5.32 Å². The van der Waals surface area contributed by atoms with Gasteiger partial charge in [-0.15, -0.1) is 16.9 Å². The Labute approximate surface area is 112 Å². The molecule has 0 saturated heterocycles. The third kappa shape index (κ3) is 3.11. The second-order valence-corrected chi connectivity index (χ2v) is 5.34. The van der Waals surface area contributed by atoms with Crippen molar-refractivity contribution in [1.82, 2.24) is 20.3 Å². The first-order chi connectivity index (χ1) is 8.70. The lowest BCUT2D eigenvalue weighted by molar-refractivity contribution is 0.580. The topological polar surface area (TPSA) is 42.7 Å². The molecular formula is C13H18N4S. The monoisotopic (exact) mass is 262 g/mol. The summed E-state index contributed by atoms with van der Waals surface area (Å²) in [7, 11) is 3.89. The molecule has 0 aliphatic rings. The Kier molecular flexibility index (Phi) is 4.38. The van der Waals surface area contributed by atoms with Gasteiger partial charge in [0.25, 0.3) is 0 Å². The molecule has 1 aromatic carbocycles. The van der Waals surface area contributed by atoms with E-state index in [1.54, 1.807) is 0 Å². The minimum atomic E-state index is 0.260. The minimum absolute atomic E-state index is 0.260. The second kappa shape index (κ2) is 6.02. The quantitative estimate of drug-likeness (QED) is 0.839. The number of hydrogen-bond acceptors (Lipinski definition) is 4. The zero-order valence-corrected chi connectivity index (χ0v) is 11.7. The molecule has 1 atom stereocenters. The van der Waals surface area contributed by atoms with Crippen molar-refractivity contribution >= 4 is 11.8 Å². The van der Waals surface area contributed by atoms with Crippen LogP contribution in [-0.2, 0) is 7.05 Å². The van der Waals surface area contributed by atoms with Crippen LogP contribution in [0.25, 0.3) is 0 Å². The zero-order chi connectivity index (χ0) is 13.0. The maximum absolute atomic E-state index is 3.97. The fraction of sp³-hybridized carbons (Fsp3) is 0.385. The van der Waals surface area contributed by atoms with E-state index in [4.69, 9.17) is 0 Å². The lowest BCUT2D eigenvalue weighted by atomic mass is 10.2. The highest BCUT2D eigenvalue weighted by Crippen LogP contribution is 2.24. The Morgan fingerprint density at radius 1 is 1.44 bits per heavy atom. The average molecular weight is 262 g/mol.